The fraction of sp³-hybridized carbons (Fsp3) is 0.529. The third-order valence-corrected chi connectivity index (χ3v) is 4.71. The maximum Gasteiger partial charge on any atom is 0.225 e. The number of ether oxygens (including phenoxy) is 1. The smallest absolute Gasteiger partial charge is 0.225 e. The van der Waals surface area contributed by atoms with Gasteiger partial charge in [-0.05, 0) is 25.0 Å². The lowest BCUT2D eigenvalue weighted by atomic mass is 10.2. The van der Waals surface area contributed by atoms with Gasteiger partial charge in [-0.2, -0.15) is 0 Å². The molecule has 124 valence electrons. The van der Waals surface area contributed by atoms with Crippen LogP contribution in [0.4, 0.5) is 0 Å². The van der Waals surface area contributed by atoms with Gasteiger partial charge in [-0.1, -0.05) is 18.5 Å². The Morgan fingerprint density at radius 2 is 2.22 bits per heavy atom. The Kier molecular flexibility index (Phi) is 4.87. The number of amides is 1. The lowest BCUT2D eigenvalue weighted by molar-refractivity contribution is -0.133. The highest BCUT2D eigenvalue weighted by atomic mass is 35.5. The molecule has 0 radical (unpaired) electrons. The molecule has 0 saturated carbocycles. The van der Waals surface area contributed by atoms with E-state index in [0.29, 0.717) is 37.7 Å². The van der Waals surface area contributed by atoms with Crippen molar-refractivity contribution in [2.75, 3.05) is 19.8 Å². The zero-order chi connectivity index (χ0) is 16.4. The number of nitrogens with zero attached hydrogens (tertiary/aromatic N) is 3. The summed E-state index contributed by atoms with van der Waals surface area (Å²) in [6.07, 6.45) is 3.13. The fourth-order valence-corrected chi connectivity index (χ4v) is 3.15. The van der Waals surface area contributed by atoms with Crippen molar-refractivity contribution in [3.63, 3.8) is 0 Å². The first-order chi connectivity index (χ1) is 11.1. The predicted octanol–water partition coefficient (Wildman–Crippen LogP) is 3.16. The van der Waals surface area contributed by atoms with Gasteiger partial charge in [-0.15, -0.1) is 0 Å². The summed E-state index contributed by atoms with van der Waals surface area (Å²) in [6.45, 7) is 7.40. The molecular formula is C17H22ClN3O2. The molecule has 0 fully saturated rings. The molecule has 23 heavy (non-hydrogen) atoms. The lowest BCUT2D eigenvalue weighted by Crippen LogP contribution is -2.38. The number of aryl methyl sites for hydroxylation is 1. The molecule has 1 amide bonds. The van der Waals surface area contributed by atoms with Crippen molar-refractivity contribution in [3.8, 4) is 0 Å². The Bertz CT molecular complexity index is 726. The van der Waals surface area contributed by atoms with Crippen molar-refractivity contribution in [2.24, 2.45) is 0 Å². The molecule has 3 heterocycles. The molecule has 0 atom stereocenters. The maximum atomic E-state index is 12.3. The van der Waals surface area contributed by atoms with Crippen LogP contribution in [0.25, 0.3) is 11.0 Å². The van der Waals surface area contributed by atoms with Crippen LogP contribution in [0.2, 0.25) is 5.02 Å². The van der Waals surface area contributed by atoms with E-state index in [1.54, 1.807) is 6.20 Å². The number of aromatic nitrogens is 2. The van der Waals surface area contributed by atoms with Crippen LogP contribution in [0.5, 0.6) is 0 Å². The standard InChI is InChI=1S/C17H22ClN3O2/c1-3-7-23-8-4-16(22)20-5-6-21-13(11-20)9-14-12(2)15(18)10-19-17(14)21/h9-10H,3-8,11H2,1-2H3. The van der Waals surface area contributed by atoms with Crippen LogP contribution in [0.15, 0.2) is 12.3 Å². The van der Waals surface area contributed by atoms with Crippen LogP contribution >= 0.6 is 11.6 Å². The highest BCUT2D eigenvalue weighted by Gasteiger charge is 2.23. The number of carbonyl (C=O) groups excluding carboxylic acids is 1. The van der Waals surface area contributed by atoms with Crippen LogP contribution < -0.4 is 0 Å². The average Bonchev–Trinajstić information content (AvgIpc) is 2.93. The minimum atomic E-state index is 0.153. The molecule has 5 nitrogen and oxygen atoms in total. The molecule has 0 aromatic carbocycles. The number of hydrogen-bond donors (Lipinski definition) is 0. The van der Waals surface area contributed by atoms with Gasteiger partial charge >= 0.3 is 0 Å². The van der Waals surface area contributed by atoms with Crippen LogP contribution in [-0.4, -0.2) is 40.1 Å². The summed E-state index contributed by atoms with van der Waals surface area (Å²) in [5.41, 5.74) is 3.12. The average molecular weight is 336 g/mol. The Hall–Kier alpha value is -1.59. The molecule has 1 aliphatic heterocycles. The largest absolute Gasteiger partial charge is 0.381 e. The van der Waals surface area contributed by atoms with Gasteiger partial charge in [0, 0.05) is 37.0 Å². The van der Waals surface area contributed by atoms with Crippen LogP contribution in [0.3, 0.4) is 0 Å². The normalized spacial score (nSPS) is 14.3. The van der Waals surface area contributed by atoms with E-state index in [2.05, 4.69) is 22.5 Å². The van der Waals surface area contributed by atoms with E-state index in [0.717, 1.165) is 35.3 Å². The topological polar surface area (TPSA) is 47.4 Å². The molecule has 2 aromatic rings. The van der Waals surface area contributed by atoms with Gasteiger partial charge in [0.15, 0.2) is 0 Å². The zero-order valence-electron chi connectivity index (χ0n) is 13.6. The molecule has 2 aromatic heterocycles. The van der Waals surface area contributed by atoms with E-state index >= 15 is 0 Å². The van der Waals surface area contributed by atoms with Gasteiger partial charge in [0.25, 0.3) is 0 Å². The molecule has 0 spiro atoms. The lowest BCUT2D eigenvalue weighted by Gasteiger charge is -2.28. The minimum Gasteiger partial charge on any atom is -0.381 e. The predicted molar refractivity (Wildman–Crippen MR) is 90.6 cm³/mol. The van der Waals surface area contributed by atoms with Crippen molar-refractivity contribution in [1.82, 2.24) is 14.5 Å². The number of fused-ring (bicyclic) bond motifs is 3. The van der Waals surface area contributed by atoms with E-state index in [1.165, 1.54) is 0 Å². The zero-order valence-corrected chi connectivity index (χ0v) is 14.4. The summed E-state index contributed by atoms with van der Waals surface area (Å²) in [4.78, 5) is 18.7. The second-order valence-corrected chi connectivity index (χ2v) is 6.34. The Morgan fingerprint density at radius 1 is 1.39 bits per heavy atom. The third kappa shape index (κ3) is 3.21. The van der Waals surface area contributed by atoms with Crippen molar-refractivity contribution in [3.05, 3.63) is 28.5 Å². The van der Waals surface area contributed by atoms with Crippen LogP contribution in [0, 0.1) is 6.92 Å². The quantitative estimate of drug-likeness (QED) is 0.788. The second-order valence-electron chi connectivity index (χ2n) is 5.93. The van der Waals surface area contributed by atoms with E-state index in [4.69, 9.17) is 16.3 Å². The number of pyridine rings is 1. The Morgan fingerprint density at radius 3 is 3.00 bits per heavy atom. The van der Waals surface area contributed by atoms with E-state index in [-0.39, 0.29) is 5.91 Å². The van der Waals surface area contributed by atoms with Crippen molar-refractivity contribution < 1.29 is 9.53 Å². The minimum absolute atomic E-state index is 0.153. The first kappa shape index (κ1) is 16.3. The Labute approximate surface area is 141 Å². The van der Waals surface area contributed by atoms with Gasteiger partial charge in [-0.3, -0.25) is 4.79 Å². The molecule has 0 unspecified atom stereocenters. The molecule has 1 aliphatic rings. The summed E-state index contributed by atoms with van der Waals surface area (Å²) < 4.78 is 7.60. The van der Waals surface area contributed by atoms with Gasteiger partial charge in [-0.25, -0.2) is 4.98 Å². The molecule has 0 saturated heterocycles. The van der Waals surface area contributed by atoms with Crippen LogP contribution in [-0.2, 0) is 22.6 Å². The number of rotatable bonds is 5. The van der Waals surface area contributed by atoms with Gasteiger partial charge in [0.05, 0.1) is 24.6 Å². The summed E-state index contributed by atoms with van der Waals surface area (Å²) in [6, 6.07) is 2.11. The van der Waals surface area contributed by atoms with Crippen molar-refractivity contribution in [2.45, 2.75) is 39.8 Å². The fourth-order valence-electron chi connectivity index (χ4n) is 3.00. The van der Waals surface area contributed by atoms with Gasteiger partial charge < -0.3 is 14.2 Å². The SMILES string of the molecule is CCCOCCC(=O)N1CCn2c(cc3c(C)c(Cl)cnc32)C1. The van der Waals surface area contributed by atoms with Crippen molar-refractivity contribution in [1.29, 1.82) is 0 Å². The number of hydrogen-bond acceptors (Lipinski definition) is 3. The van der Waals surface area contributed by atoms with Crippen LogP contribution in [0.1, 0.15) is 31.0 Å². The maximum absolute atomic E-state index is 12.3. The first-order valence-corrected chi connectivity index (χ1v) is 8.48. The molecular weight excluding hydrogens is 314 g/mol. The van der Waals surface area contributed by atoms with E-state index in [1.807, 2.05) is 11.8 Å². The van der Waals surface area contributed by atoms with E-state index < -0.39 is 0 Å². The van der Waals surface area contributed by atoms with Gasteiger partial charge in [0.1, 0.15) is 5.65 Å². The molecule has 0 N–H and O–H groups in total. The number of halogens is 1. The Balaban J connectivity index is 1.73. The van der Waals surface area contributed by atoms with Gasteiger partial charge in [0.2, 0.25) is 5.91 Å². The second kappa shape index (κ2) is 6.89. The summed E-state index contributed by atoms with van der Waals surface area (Å²) in [5, 5.41) is 1.76. The summed E-state index contributed by atoms with van der Waals surface area (Å²) in [5.74, 6) is 0.153. The summed E-state index contributed by atoms with van der Waals surface area (Å²) in [7, 11) is 0. The molecule has 0 aliphatic carbocycles. The number of carbonyl (C=O) groups is 1. The third-order valence-electron chi connectivity index (χ3n) is 4.32. The molecule has 0 bridgehead atoms. The monoisotopic (exact) mass is 335 g/mol. The first-order valence-electron chi connectivity index (χ1n) is 8.10. The van der Waals surface area contributed by atoms with E-state index in [9.17, 15) is 4.79 Å². The highest BCUT2D eigenvalue weighted by molar-refractivity contribution is 6.32. The highest BCUT2D eigenvalue weighted by Crippen LogP contribution is 2.28. The summed E-state index contributed by atoms with van der Waals surface area (Å²) >= 11 is 6.16. The molecule has 3 rings (SSSR count). The van der Waals surface area contributed by atoms with Crippen molar-refractivity contribution >= 4 is 28.5 Å². The molecule has 6 heteroatoms.